The van der Waals surface area contributed by atoms with E-state index in [-0.39, 0.29) is 5.82 Å². The summed E-state index contributed by atoms with van der Waals surface area (Å²) in [6.07, 6.45) is 2.38. The van der Waals surface area contributed by atoms with Crippen molar-refractivity contribution in [1.29, 1.82) is 5.26 Å². The molecule has 16 heavy (non-hydrogen) atoms. The van der Waals surface area contributed by atoms with Crippen LogP contribution in [0.15, 0.2) is 18.2 Å². The molecule has 1 atom stereocenters. The minimum atomic E-state index is -0.342. The van der Waals surface area contributed by atoms with Gasteiger partial charge in [0.1, 0.15) is 11.9 Å². The maximum atomic E-state index is 13.0. The summed E-state index contributed by atoms with van der Waals surface area (Å²) < 4.78 is 13.0. The van der Waals surface area contributed by atoms with Crippen molar-refractivity contribution in [2.45, 2.75) is 19.8 Å². The lowest BCUT2D eigenvalue weighted by Gasteiger charge is -2.33. The van der Waals surface area contributed by atoms with Crippen LogP contribution in [0.1, 0.15) is 25.3 Å². The van der Waals surface area contributed by atoms with E-state index < -0.39 is 0 Å². The Bertz CT molecular complexity index is 422. The molecule has 0 aliphatic carbocycles. The van der Waals surface area contributed by atoms with Crippen LogP contribution >= 0.6 is 0 Å². The third-order valence-electron chi connectivity index (χ3n) is 3.08. The van der Waals surface area contributed by atoms with Crippen molar-refractivity contribution in [2.24, 2.45) is 5.92 Å². The summed E-state index contributed by atoms with van der Waals surface area (Å²) in [6, 6.07) is 6.52. The highest BCUT2D eigenvalue weighted by Crippen LogP contribution is 2.26. The van der Waals surface area contributed by atoms with Crippen molar-refractivity contribution < 1.29 is 4.39 Å². The number of rotatable bonds is 1. The highest BCUT2D eigenvalue weighted by molar-refractivity contribution is 5.59. The average Bonchev–Trinajstić information content (AvgIpc) is 2.28. The summed E-state index contributed by atoms with van der Waals surface area (Å²) >= 11 is 0. The minimum Gasteiger partial charge on any atom is -0.370 e. The van der Waals surface area contributed by atoms with Crippen LogP contribution in [0, 0.1) is 23.1 Å². The first-order valence-corrected chi connectivity index (χ1v) is 5.65. The van der Waals surface area contributed by atoms with Gasteiger partial charge in [-0.2, -0.15) is 5.26 Å². The van der Waals surface area contributed by atoms with Crippen molar-refractivity contribution in [1.82, 2.24) is 0 Å². The lowest BCUT2D eigenvalue weighted by Crippen LogP contribution is -2.34. The summed E-state index contributed by atoms with van der Waals surface area (Å²) in [6.45, 7) is 4.13. The smallest absolute Gasteiger partial charge is 0.124 e. The molecule has 0 saturated carbocycles. The zero-order valence-electron chi connectivity index (χ0n) is 9.41. The third kappa shape index (κ3) is 2.16. The van der Waals surface area contributed by atoms with Gasteiger partial charge in [0, 0.05) is 13.1 Å². The summed E-state index contributed by atoms with van der Waals surface area (Å²) in [7, 11) is 0. The van der Waals surface area contributed by atoms with E-state index in [1.54, 1.807) is 6.07 Å². The molecule has 1 aliphatic heterocycles. The Morgan fingerprint density at radius 3 is 3.00 bits per heavy atom. The van der Waals surface area contributed by atoms with Crippen molar-refractivity contribution >= 4 is 5.69 Å². The van der Waals surface area contributed by atoms with Crippen LogP contribution in [-0.4, -0.2) is 13.1 Å². The molecule has 0 N–H and O–H groups in total. The molecule has 0 radical (unpaired) electrons. The van der Waals surface area contributed by atoms with Crippen molar-refractivity contribution in [3.63, 3.8) is 0 Å². The SMILES string of the molecule is CC1CCCN(c2ccc(F)cc2C#N)C1. The molecule has 0 aromatic heterocycles. The molecule has 84 valence electrons. The van der Waals surface area contributed by atoms with Crippen LogP contribution in [0.4, 0.5) is 10.1 Å². The van der Waals surface area contributed by atoms with Gasteiger partial charge in [0.25, 0.3) is 0 Å². The number of halogens is 1. The summed E-state index contributed by atoms with van der Waals surface area (Å²) in [5.41, 5.74) is 1.31. The maximum Gasteiger partial charge on any atom is 0.124 e. The second-order valence-corrected chi connectivity index (χ2v) is 4.47. The Morgan fingerprint density at radius 1 is 1.50 bits per heavy atom. The summed E-state index contributed by atoms with van der Waals surface area (Å²) in [5, 5.41) is 9.00. The second-order valence-electron chi connectivity index (χ2n) is 4.47. The van der Waals surface area contributed by atoms with Crippen LogP contribution in [-0.2, 0) is 0 Å². The van der Waals surface area contributed by atoms with E-state index in [1.165, 1.54) is 18.6 Å². The monoisotopic (exact) mass is 218 g/mol. The molecule has 1 saturated heterocycles. The standard InChI is InChI=1S/C13H15FN2/c1-10-3-2-6-16(9-10)13-5-4-12(14)7-11(13)8-15/h4-5,7,10H,2-3,6,9H2,1H3. The fourth-order valence-corrected chi connectivity index (χ4v) is 2.28. The van der Waals surface area contributed by atoms with Crippen LogP contribution in [0.2, 0.25) is 0 Å². The van der Waals surface area contributed by atoms with Crippen molar-refractivity contribution in [2.75, 3.05) is 18.0 Å². The molecule has 0 bridgehead atoms. The number of anilines is 1. The largest absolute Gasteiger partial charge is 0.370 e. The van der Waals surface area contributed by atoms with Crippen LogP contribution < -0.4 is 4.90 Å². The van der Waals surface area contributed by atoms with Gasteiger partial charge in [0.2, 0.25) is 0 Å². The molecule has 1 aromatic carbocycles. The normalized spacial score (nSPS) is 20.6. The molecule has 1 aliphatic rings. The predicted octanol–water partition coefficient (Wildman–Crippen LogP) is 2.93. The van der Waals surface area contributed by atoms with Gasteiger partial charge in [-0.15, -0.1) is 0 Å². The first-order chi connectivity index (χ1) is 7.70. The van der Waals surface area contributed by atoms with Gasteiger partial charge >= 0.3 is 0 Å². The molecule has 1 heterocycles. The van der Waals surface area contributed by atoms with Crippen molar-refractivity contribution in [3.8, 4) is 6.07 Å². The predicted molar refractivity (Wildman–Crippen MR) is 61.7 cm³/mol. The van der Waals surface area contributed by atoms with Gasteiger partial charge in [0.15, 0.2) is 0 Å². The highest BCUT2D eigenvalue weighted by Gasteiger charge is 2.19. The van der Waals surface area contributed by atoms with Gasteiger partial charge in [-0.3, -0.25) is 0 Å². The highest BCUT2D eigenvalue weighted by atomic mass is 19.1. The molecule has 0 spiro atoms. The van der Waals surface area contributed by atoms with E-state index in [1.807, 2.05) is 0 Å². The number of piperidine rings is 1. The van der Waals surface area contributed by atoms with Gasteiger partial charge in [0.05, 0.1) is 11.3 Å². The minimum absolute atomic E-state index is 0.342. The quantitative estimate of drug-likeness (QED) is 0.724. The maximum absolute atomic E-state index is 13.0. The molecule has 2 rings (SSSR count). The van der Waals surface area contributed by atoms with Crippen LogP contribution in [0.5, 0.6) is 0 Å². The molecule has 3 heteroatoms. The molecular formula is C13H15FN2. The Balaban J connectivity index is 2.29. The van der Waals surface area contributed by atoms with E-state index in [0.29, 0.717) is 11.5 Å². The number of benzene rings is 1. The second kappa shape index (κ2) is 4.52. The first-order valence-electron chi connectivity index (χ1n) is 5.65. The zero-order chi connectivity index (χ0) is 11.5. The fraction of sp³-hybridized carbons (Fsp3) is 0.462. The van der Waals surface area contributed by atoms with E-state index >= 15 is 0 Å². The Hall–Kier alpha value is -1.56. The van der Waals surface area contributed by atoms with Gasteiger partial charge < -0.3 is 4.90 Å². The number of nitriles is 1. The molecule has 2 nitrogen and oxygen atoms in total. The molecule has 1 unspecified atom stereocenters. The van der Waals surface area contributed by atoms with Crippen LogP contribution in [0.25, 0.3) is 0 Å². The van der Waals surface area contributed by atoms with E-state index in [2.05, 4.69) is 17.9 Å². The van der Waals surface area contributed by atoms with E-state index in [9.17, 15) is 4.39 Å². The summed E-state index contributed by atoms with van der Waals surface area (Å²) in [4.78, 5) is 2.19. The van der Waals surface area contributed by atoms with Gasteiger partial charge in [-0.1, -0.05) is 6.92 Å². The lowest BCUT2D eigenvalue weighted by molar-refractivity contribution is 0.446. The van der Waals surface area contributed by atoms with Gasteiger partial charge in [-0.05, 0) is 37.0 Å². The van der Waals surface area contributed by atoms with Gasteiger partial charge in [-0.25, -0.2) is 4.39 Å². The Labute approximate surface area is 95.3 Å². The Morgan fingerprint density at radius 2 is 2.31 bits per heavy atom. The van der Waals surface area contributed by atoms with E-state index in [4.69, 9.17) is 5.26 Å². The first kappa shape index (κ1) is 10.9. The molecular weight excluding hydrogens is 203 g/mol. The number of hydrogen-bond acceptors (Lipinski definition) is 2. The molecule has 0 amide bonds. The van der Waals surface area contributed by atoms with Crippen molar-refractivity contribution in [3.05, 3.63) is 29.6 Å². The van der Waals surface area contributed by atoms with E-state index in [0.717, 1.165) is 25.2 Å². The number of nitrogens with zero attached hydrogens (tertiary/aromatic N) is 2. The summed E-state index contributed by atoms with van der Waals surface area (Å²) in [5.74, 6) is 0.302. The third-order valence-corrected chi connectivity index (χ3v) is 3.08. The topological polar surface area (TPSA) is 27.0 Å². The molecule has 1 fully saturated rings. The average molecular weight is 218 g/mol. The lowest BCUT2D eigenvalue weighted by atomic mass is 9.99. The fourth-order valence-electron chi connectivity index (χ4n) is 2.28. The Kier molecular flexibility index (Phi) is 3.09. The number of hydrogen-bond donors (Lipinski definition) is 0. The van der Waals surface area contributed by atoms with Crippen LogP contribution in [0.3, 0.4) is 0 Å². The molecule has 1 aromatic rings. The zero-order valence-corrected chi connectivity index (χ0v) is 9.41.